The van der Waals surface area contributed by atoms with Crippen LogP contribution in [0.2, 0.25) is 0 Å². The maximum atomic E-state index is 14.3. The monoisotopic (exact) mass is 503 g/mol. The van der Waals surface area contributed by atoms with Gasteiger partial charge in [-0.05, 0) is 61.2 Å². The van der Waals surface area contributed by atoms with E-state index in [0.29, 0.717) is 24.5 Å². The molecule has 36 heavy (non-hydrogen) atoms. The highest BCUT2D eigenvalue weighted by Crippen LogP contribution is 2.35. The molecule has 2 heterocycles. The van der Waals surface area contributed by atoms with Crippen molar-refractivity contribution in [3.05, 3.63) is 65.2 Å². The topological polar surface area (TPSA) is 54.9 Å². The molecule has 0 N–H and O–H groups in total. The molecule has 0 spiro atoms. The van der Waals surface area contributed by atoms with E-state index in [1.54, 1.807) is 11.3 Å². The number of hydrogen-bond acceptors (Lipinski definition) is 6. The first-order chi connectivity index (χ1) is 17.6. The second-order valence-electron chi connectivity index (χ2n) is 9.21. The molecule has 1 saturated heterocycles. The smallest absolute Gasteiger partial charge is 0.264 e. The van der Waals surface area contributed by atoms with Crippen molar-refractivity contribution in [1.82, 2.24) is 9.88 Å². The van der Waals surface area contributed by atoms with Crippen molar-refractivity contribution < 1.29 is 14.3 Å². The Kier molecular flexibility index (Phi) is 7.51. The Hall–Kier alpha value is -3.00. The standard InChI is InChI=1S/C29H33N3O3S/c1-4-35-24-12-11-22-8-5-6-9-23(22)26(24)28(33)32(15-7-14-31-16-18-34-19-17-31)29-30-27-21(3)20(2)10-13-25(27)36-29/h5-6,8-13H,4,7,14-19H2,1-3H3. The Morgan fingerprint density at radius 3 is 2.72 bits per heavy atom. The number of fused-ring (bicyclic) bond motifs is 2. The van der Waals surface area contributed by atoms with Crippen LogP contribution in [0.4, 0.5) is 5.13 Å². The van der Waals surface area contributed by atoms with Gasteiger partial charge < -0.3 is 9.47 Å². The molecule has 1 aliphatic heterocycles. The zero-order valence-corrected chi connectivity index (χ0v) is 22.1. The van der Waals surface area contributed by atoms with E-state index < -0.39 is 0 Å². The third kappa shape index (κ3) is 4.96. The Morgan fingerprint density at radius 1 is 1.11 bits per heavy atom. The normalized spacial score (nSPS) is 14.4. The van der Waals surface area contributed by atoms with Crippen LogP contribution in [0.5, 0.6) is 5.75 Å². The molecule has 0 bridgehead atoms. The van der Waals surface area contributed by atoms with E-state index in [2.05, 4.69) is 30.9 Å². The van der Waals surface area contributed by atoms with Crippen LogP contribution in [0, 0.1) is 13.8 Å². The zero-order chi connectivity index (χ0) is 25.1. The molecule has 188 valence electrons. The van der Waals surface area contributed by atoms with E-state index in [1.165, 1.54) is 5.56 Å². The first kappa shape index (κ1) is 24.7. The molecule has 1 aromatic heterocycles. The number of carbonyl (C=O) groups is 1. The highest BCUT2D eigenvalue weighted by molar-refractivity contribution is 7.22. The van der Waals surface area contributed by atoms with Gasteiger partial charge in [0.2, 0.25) is 0 Å². The largest absolute Gasteiger partial charge is 0.493 e. The van der Waals surface area contributed by atoms with Gasteiger partial charge in [0, 0.05) is 26.2 Å². The molecule has 0 aliphatic carbocycles. The maximum Gasteiger partial charge on any atom is 0.264 e. The molecule has 0 unspecified atom stereocenters. The van der Waals surface area contributed by atoms with Gasteiger partial charge in [-0.2, -0.15) is 0 Å². The van der Waals surface area contributed by atoms with Gasteiger partial charge >= 0.3 is 0 Å². The summed E-state index contributed by atoms with van der Waals surface area (Å²) in [6.07, 6.45) is 0.856. The van der Waals surface area contributed by atoms with Crippen molar-refractivity contribution in [3.63, 3.8) is 0 Å². The summed E-state index contributed by atoms with van der Waals surface area (Å²) in [6, 6.07) is 16.2. The number of carbonyl (C=O) groups excluding carboxylic acids is 1. The molecule has 0 radical (unpaired) electrons. The van der Waals surface area contributed by atoms with Crippen LogP contribution in [-0.2, 0) is 4.74 Å². The summed E-state index contributed by atoms with van der Waals surface area (Å²) >= 11 is 1.58. The second kappa shape index (κ2) is 10.9. The van der Waals surface area contributed by atoms with Crippen LogP contribution in [0.1, 0.15) is 34.8 Å². The van der Waals surface area contributed by atoms with Crippen molar-refractivity contribution >= 4 is 43.4 Å². The molecule has 1 aliphatic rings. The SMILES string of the molecule is CCOc1ccc2ccccc2c1C(=O)N(CCCN1CCOCC1)c1nc2c(C)c(C)ccc2s1. The Balaban J connectivity index is 1.55. The average molecular weight is 504 g/mol. The van der Waals surface area contributed by atoms with Crippen LogP contribution >= 0.6 is 11.3 Å². The van der Waals surface area contributed by atoms with Crippen LogP contribution in [0.15, 0.2) is 48.5 Å². The third-order valence-electron chi connectivity index (χ3n) is 6.91. The minimum atomic E-state index is -0.0642. The minimum absolute atomic E-state index is 0.0642. The fraction of sp³-hybridized carbons (Fsp3) is 0.379. The minimum Gasteiger partial charge on any atom is -0.493 e. The van der Waals surface area contributed by atoms with Crippen LogP contribution in [0.3, 0.4) is 0 Å². The zero-order valence-electron chi connectivity index (χ0n) is 21.3. The predicted octanol–water partition coefficient (Wildman–Crippen LogP) is 5.83. The summed E-state index contributed by atoms with van der Waals surface area (Å²) in [5.74, 6) is 0.554. The van der Waals surface area contributed by atoms with Crippen molar-refractivity contribution in [1.29, 1.82) is 0 Å². The fourth-order valence-electron chi connectivity index (χ4n) is 4.77. The highest BCUT2D eigenvalue weighted by Gasteiger charge is 2.26. The highest BCUT2D eigenvalue weighted by atomic mass is 32.1. The number of hydrogen-bond donors (Lipinski definition) is 0. The van der Waals surface area contributed by atoms with Crippen LogP contribution in [0.25, 0.3) is 21.0 Å². The van der Waals surface area contributed by atoms with Crippen molar-refractivity contribution in [2.75, 3.05) is 50.9 Å². The number of anilines is 1. The molecule has 1 fully saturated rings. The van der Waals surface area contributed by atoms with Gasteiger partial charge in [0.1, 0.15) is 5.75 Å². The molecule has 0 saturated carbocycles. The molecule has 4 aromatic rings. The van der Waals surface area contributed by atoms with Gasteiger partial charge in [0.25, 0.3) is 5.91 Å². The Labute approximate surface area is 216 Å². The number of aryl methyl sites for hydroxylation is 2. The average Bonchev–Trinajstić information content (AvgIpc) is 3.34. The fourth-order valence-corrected chi connectivity index (χ4v) is 5.82. The van der Waals surface area contributed by atoms with E-state index in [-0.39, 0.29) is 5.91 Å². The summed E-state index contributed by atoms with van der Waals surface area (Å²) in [4.78, 5) is 23.6. The molecule has 1 amide bonds. The molecule has 5 rings (SSSR count). The molecule has 7 heteroatoms. The number of thiazole rings is 1. The van der Waals surface area contributed by atoms with Crippen LogP contribution in [-0.4, -0.2) is 61.8 Å². The number of nitrogens with zero attached hydrogens (tertiary/aromatic N) is 3. The van der Waals surface area contributed by atoms with Gasteiger partial charge in [-0.25, -0.2) is 4.98 Å². The van der Waals surface area contributed by atoms with Gasteiger partial charge in [0.05, 0.1) is 35.6 Å². The summed E-state index contributed by atoms with van der Waals surface area (Å²) in [6.45, 7) is 11.6. The summed E-state index contributed by atoms with van der Waals surface area (Å²) in [5, 5.41) is 2.66. The van der Waals surface area contributed by atoms with E-state index in [1.807, 2.05) is 48.2 Å². The predicted molar refractivity (Wildman–Crippen MR) is 148 cm³/mol. The number of morpholine rings is 1. The van der Waals surface area contributed by atoms with Gasteiger partial charge in [0.15, 0.2) is 5.13 Å². The summed E-state index contributed by atoms with van der Waals surface area (Å²) in [5.41, 5.74) is 3.95. The molecular weight excluding hydrogens is 470 g/mol. The van der Waals surface area contributed by atoms with E-state index in [0.717, 1.165) is 71.0 Å². The van der Waals surface area contributed by atoms with Gasteiger partial charge in [-0.3, -0.25) is 14.6 Å². The Morgan fingerprint density at radius 2 is 1.92 bits per heavy atom. The van der Waals surface area contributed by atoms with Gasteiger partial charge in [-0.1, -0.05) is 47.7 Å². The molecule has 6 nitrogen and oxygen atoms in total. The van der Waals surface area contributed by atoms with E-state index >= 15 is 0 Å². The third-order valence-corrected chi connectivity index (χ3v) is 7.96. The Bertz CT molecular complexity index is 1380. The number of benzene rings is 3. The lowest BCUT2D eigenvalue weighted by Crippen LogP contribution is -2.39. The number of rotatable bonds is 8. The lowest BCUT2D eigenvalue weighted by molar-refractivity contribution is 0.0376. The molecular formula is C29H33N3O3S. The number of aromatic nitrogens is 1. The van der Waals surface area contributed by atoms with E-state index in [4.69, 9.17) is 14.5 Å². The lowest BCUT2D eigenvalue weighted by atomic mass is 10.0. The summed E-state index contributed by atoms with van der Waals surface area (Å²) < 4.78 is 12.6. The van der Waals surface area contributed by atoms with Crippen molar-refractivity contribution in [3.8, 4) is 5.75 Å². The van der Waals surface area contributed by atoms with Crippen LogP contribution < -0.4 is 9.64 Å². The molecule has 0 atom stereocenters. The lowest BCUT2D eigenvalue weighted by Gasteiger charge is -2.28. The van der Waals surface area contributed by atoms with E-state index in [9.17, 15) is 4.79 Å². The summed E-state index contributed by atoms with van der Waals surface area (Å²) in [7, 11) is 0. The maximum absolute atomic E-state index is 14.3. The number of ether oxygens (including phenoxy) is 2. The quantitative estimate of drug-likeness (QED) is 0.303. The first-order valence-corrected chi connectivity index (χ1v) is 13.5. The number of amides is 1. The second-order valence-corrected chi connectivity index (χ2v) is 10.2. The first-order valence-electron chi connectivity index (χ1n) is 12.7. The van der Waals surface area contributed by atoms with Gasteiger partial charge in [-0.15, -0.1) is 0 Å². The van der Waals surface area contributed by atoms with Crippen molar-refractivity contribution in [2.24, 2.45) is 0 Å². The molecule has 3 aromatic carbocycles. The van der Waals surface area contributed by atoms with Crippen molar-refractivity contribution in [2.45, 2.75) is 27.2 Å².